The van der Waals surface area contributed by atoms with Gasteiger partial charge in [0, 0.05) is 18.9 Å². The molecule has 1 rings (SSSR count). The average Bonchev–Trinajstić information content (AvgIpc) is 2.59. The first-order valence-corrected chi connectivity index (χ1v) is 5.65. The van der Waals surface area contributed by atoms with Crippen LogP contribution in [-0.4, -0.2) is 16.2 Å². The maximum Gasteiger partial charge on any atom is 0.226 e. The molecule has 1 aromatic rings. The molecule has 15 heavy (non-hydrogen) atoms. The third kappa shape index (κ3) is 4.93. The van der Waals surface area contributed by atoms with Crippen LogP contribution in [0.1, 0.15) is 45.3 Å². The number of hydrogen-bond acceptors (Lipinski definition) is 4. The molecule has 0 fully saturated rings. The van der Waals surface area contributed by atoms with Crippen LogP contribution in [0.4, 0.5) is 0 Å². The first-order chi connectivity index (χ1) is 7.08. The second kappa shape index (κ2) is 5.85. The predicted octanol–water partition coefficient (Wildman–Crippen LogP) is 1.94. The molecule has 0 saturated carbocycles. The number of nitrogens with two attached hydrogens (primary N) is 1. The summed E-state index contributed by atoms with van der Waals surface area (Å²) < 4.78 is 5.13. The van der Waals surface area contributed by atoms with E-state index in [0.29, 0.717) is 11.8 Å². The summed E-state index contributed by atoms with van der Waals surface area (Å²) in [5.41, 5.74) is 5.66. The average molecular weight is 211 g/mol. The van der Waals surface area contributed by atoms with Gasteiger partial charge in [-0.2, -0.15) is 4.98 Å². The second-order valence-corrected chi connectivity index (χ2v) is 4.55. The summed E-state index contributed by atoms with van der Waals surface area (Å²) in [5.74, 6) is 2.21. The van der Waals surface area contributed by atoms with Gasteiger partial charge in [0.15, 0.2) is 5.82 Å². The molecule has 1 unspecified atom stereocenters. The zero-order chi connectivity index (χ0) is 11.3. The van der Waals surface area contributed by atoms with Crippen LogP contribution >= 0.6 is 0 Å². The van der Waals surface area contributed by atoms with Crippen LogP contribution < -0.4 is 5.73 Å². The fourth-order valence-electron chi connectivity index (χ4n) is 1.26. The Balaban J connectivity index is 2.35. The molecule has 0 bridgehead atoms. The lowest BCUT2D eigenvalue weighted by Gasteiger charge is -2.00. The highest BCUT2D eigenvalue weighted by atomic mass is 16.5. The molecule has 0 amide bonds. The molecule has 0 saturated heterocycles. The monoisotopic (exact) mass is 211 g/mol. The van der Waals surface area contributed by atoms with E-state index in [4.69, 9.17) is 10.3 Å². The van der Waals surface area contributed by atoms with Crippen molar-refractivity contribution >= 4 is 0 Å². The molecule has 2 N–H and O–H groups in total. The molecule has 0 aliphatic carbocycles. The van der Waals surface area contributed by atoms with Crippen LogP contribution in [0.5, 0.6) is 0 Å². The Labute approximate surface area is 91.2 Å². The van der Waals surface area contributed by atoms with Crippen molar-refractivity contribution in [1.82, 2.24) is 10.1 Å². The van der Waals surface area contributed by atoms with Gasteiger partial charge in [-0.15, -0.1) is 0 Å². The van der Waals surface area contributed by atoms with Gasteiger partial charge in [0.2, 0.25) is 5.89 Å². The number of aromatic nitrogens is 2. The number of aryl methyl sites for hydroxylation is 2. The van der Waals surface area contributed by atoms with Crippen LogP contribution in [0.3, 0.4) is 0 Å². The van der Waals surface area contributed by atoms with E-state index in [9.17, 15) is 0 Å². The third-order valence-corrected chi connectivity index (χ3v) is 2.27. The van der Waals surface area contributed by atoms with Gasteiger partial charge in [-0.3, -0.25) is 0 Å². The first-order valence-electron chi connectivity index (χ1n) is 5.65. The maximum atomic E-state index is 5.66. The minimum Gasteiger partial charge on any atom is -0.339 e. The smallest absolute Gasteiger partial charge is 0.226 e. The standard InChI is InChI=1S/C11H21N3O/c1-8(2)4-6-10-13-11(15-14-10)7-5-9(3)12/h8-9H,4-7,12H2,1-3H3. The molecule has 4 nitrogen and oxygen atoms in total. The fourth-order valence-corrected chi connectivity index (χ4v) is 1.26. The molecular formula is C11H21N3O. The predicted molar refractivity (Wildman–Crippen MR) is 59.4 cm³/mol. The highest BCUT2D eigenvalue weighted by Crippen LogP contribution is 2.07. The summed E-state index contributed by atoms with van der Waals surface area (Å²) >= 11 is 0. The maximum absolute atomic E-state index is 5.66. The summed E-state index contributed by atoms with van der Waals surface area (Å²) in [4.78, 5) is 4.32. The summed E-state index contributed by atoms with van der Waals surface area (Å²) in [6.45, 7) is 6.37. The van der Waals surface area contributed by atoms with Crippen molar-refractivity contribution in [2.75, 3.05) is 0 Å². The Morgan fingerprint density at radius 1 is 1.20 bits per heavy atom. The molecule has 1 heterocycles. The van der Waals surface area contributed by atoms with Crippen molar-refractivity contribution in [3.05, 3.63) is 11.7 Å². The minimum atomic E-state index is 0.191. The van der Waals surface area contributed by atoms with Gasteiger partial charge in [0.05, 0.1) is 0 Å². The highest BCUT2D eigenvalue weighted by Gasteiger charge is 2.07. The second-order valence-electron chi connectivity index (χ2n) is 4.55. The van der Waals surface area contributed by atoms with Crippen LogP contribution in [0, 0.1) is 5.92 Å². The number of hydrogen-bond donors (Lipinski definition) is 1. The van der Waals surface area contributed by atoms with Gasteiger partial charge in [0.1, 0.15) is 0 Å². The first kappa shape index (κ1) is 12.2. The molecule has 0 aliphatic heterocycles. The van der Waals surface area contributed by atoms with Gasteiger partial charge in [-0.25, -0.2) is 0 Å². The lowest BCUT2D eigenvalue weighted by Crippen LogP contribution is -2.15. The topological polar surface area (TPSA) is 64.9 Å². The Morgan fingerprint density at radius 2 is 1.93 bits per heavy atom. The van der Waals surface area contributed by atoms with Crippen LogP contribution in [0.15, 0.2) is 4.52 Å². The molecule has 0 aromatic carbocycles. The van der Waals surface area contributed by atoms with E-state index in [0.717, 1.165) is 31.5 Å². The quantitative estimate of drug-likeness (QED) is 0.781. The summed E-state index contributed by atoms with van der Waals surface area (Å²) in [6.07, 6.45) is 3.68. The van der Waals surface area contributed by atoms with Crippen molar-refractivity contribution in [1.29, 1.82) is 0 Å². The van der Waals surface area contributed by atoms with E-state index in [1.165, 1.54) is 0 Å². The SMILES string of the molecule is CC(C)CCc1noc(CCC(C)N)n1. The van der Waals surface area contributed by atoms with Crippen LogP contribution in [0.25, 0.3) is 0 Å². The van der Waals surface area contributed by atoms with Crippen molar-refractivity contribution in [2.45, 2.75) is 52.5 Å². The van der Waals surface area contributed by atoms with Crippen molar-refractivity contribution in [3.63, 3.8) is 0 Å². The highest BCUT2D eigenvalue weighted by molar-refractivity contribution is 4.87. The van der Waals surface area contributed by atoms with Crippen molar-refractivity contribution in [3.8, 4) is 0 Å². The van der Waals surface area contributed by atoms with E-state index in [1.807, 2.05) is 6.92 Å². The van der Waals surface area contributed by atoms with Gasteiger partial charge < -0.3 is 10.3 Å². The molecule has 1 aromatic heterocycles. The molecule has 0 aliphatic rings. The molecule has 0 spiro atoms. The van der Waals surface area contributed by atoms with Crippen molar-refractivity contribution < 1.29 is 4.52 Å². The van der Waals surface area contributed by atoms with E-state index >= 15 is 0 Å². The Bertz CT molecular complexity index is 255. The van der Waals surface area contributed by atoms with E-state index in [1.54, 1.807) is 0 Å². The van der Waals surface area contributed by atoms with Gasteiger partial charge in [0.25, 0.3) is 0 Å². The Kier molecular flexibility index (Phi) is 4.75. The lowest BCUT2D eigenvalue weighted by molar-refractivity contribution is 0.366. The van der Waals surface area contributed by atoms with Crippen molar-refractivity contribution in [2.24, 2.45) is 11.7 Å². The lowest BCUT2D eigenvalue weighted by atomic mass is 10.1. The van der Waals surface area contributed by atoms with Gasteiger partial charge in [-0.05, 0) is 25.7 Å². The fraction of sp³-hybridized carbons (Fsp3) is 0.818. The normalized spacial score (nSPS) is 13.4. The summed E-state index contributed by atoms with van der Waals surface area (Å²) in [6, 6.07) is 0.191. The number of rotatable bonds is 6. The zero-order valence-electron chi connectivity index (χ0n) is 9.86. The van der Waals surface area contributed by atoms with E-state index in [2.05, 4.69) is 24.0 Å². The molecule has 0 radical (unpaired) electrons. The molecule has 1 atom stereocenters. The van der Waals surface area contributed by atoms with Crippen LogP contribution in [0.2, 0.25) is 0 Å². The molecule has 86 valence electrons. The molecular weight excluding hydrogens is 190 g/mol. The minimum absolute atomic E-state index is 0.191. The summed E-state index contributed by atoms with van der Waals surface area (Å²) in [5, 5.41) is 3.94. The van der Waals surface area contributed by atoms with E-state index in [-0.39, 0.29) is 6.04 Å². The number of nitrogens with zero attached hydrogens (tertiary/aromatic N) is 2. The summed E-state index contributed by atoms with van der Waals surface area (Å²) in [7, 11) is 0. The Hall–Kier alpha value is -0.900. The van der Waals surface area contributed by atoms with Crippen LogP contribution in [-0.2, 0) is 12.8 Å². The largest absolute Gasteiger partial charge is 0.339 e. The third-order valence-electron chi connectivity index (χ3n) is 2.27. The Morgan fingerprint density at radius 3 is 2.53 bits per heavy atom. The molecule has 4 heteroatoms. The van der Waals surface area contributed by atoms with Gasteiger partial charge in [-0.1, -0.05) is 19.0 Å². The zero-order valence-corrected chi connectivity index (χ0v) is 9.86. The van der Waals surface area contributed by atoms with Gasteiger partial charge >= 0.3 is 0 Å². The van der Waals surface area contributed by atoms with E-state index < -0.39 is 0 Å².